The maximum absolute atomic E-state index is 12.6. The van der Waals surface area contributed by atoms with Gasteiger partial charge in [-0.15, -0.1) is 0 Å². The first-order chi connectivity index (χ1) is 18.4. The largest absolute Gasteiger partial charge is 0.462 e. The number of hydrogen-bond acceptors (Lipinski definition) is 8. The van der Waals surface area contributed by atoms with E-state index >= 15 is 0 Å². The van der Waals surface area contributed by atoms with E-state index < -0.39 is 11.9 Å². The van der Waals surface area contributed by atoms with E-state index in [1.54, 1.807) is 48.5 Å². The van der Waals surface area contributed by atoms with Crippen LogP contribution in [0.1, 0.15) is 85.9 Å². The molecule has 204 valence electrons. The van der Waals surface area contributed by atoms with Gasteiger partial charge in [0.1, 0.15) is 11.5 Å². The van der Waals surface area contributed by atoms with Crippen LogP contribution in [-0.4, -0.2) is 37.1 Å². The van der Waals surface area contributed by atoms with Gasteiger partial charge in [0.25, 0.3) is 0 Å². The zero-order valence-electron chi connectivity index (χ0n) is 22.1. The van der Waals surface area contributed by atoms with Crippen LogP contribution in [0, 0.1) is 11.8 Å². The molecule has 8 heteroatoms. The molecule has 1 aliphatic carbocycles. The van der Waals surface area contributed by atoms with Crippen LogP contribution in [0.3, 0.4) is 0 Å². The van der Waals surface area contributed by atoms with Gasteiger partial charge >= 0.3 is 23.9 Å². The molecule has 1 aliphatic rings. The normalized spacial score (nSPS) is 16.8. The number of carbonyl (C=O) groups excluding carboxylic acids is 4. The van der Waals surface area contributed by atoms with Crippen LogP contribution in [0.4, 0.5) is 0 Å². The molecule has 8 nitrogen and oxygen atoms in total. The fourth-order valence-electron chi connectivity index (χ4n) is 4.07. The number of unbranched alkanes of at least 4 members (excludes halogenated alkanes) is 2. The maximum Gasteiger partial charge on any atom is 0.338 e. The quantitative estimate of drug-likeness (QED) is 0.191. The highest BCUT2D eigenvalue weighted by Crippen LogP contribution is 2.31. The summed E-state index contributed by atoms with van der Waals surface area (Å²) in [5, 5.41) is 0. The molecular formula is C30H36O8. The molecule has 0 radical (unpaired) electrons. The van der Waals surface area contributed by atoms with Gasteiger partial charge in [0.2, 0.25) is 0 Å². The summed E-state index contributed by atoms with van der Waals surface area (Å²) in [5.74, 6) is -1.40. The predicted octanol–water partition coefficient (Wildman–Crippen LogP) is 5.92. The topological polar surface area (TPSA) is 105 Å². The van der Waals surface area contributed by atoms with Crippen molar-refractivity contribution in [2.75, 3.05) is 13.2 Å². The summed E-state index contributed by atoms with van der Waals surface area (Å²) in [4.78, 5) is 49.3. The average Bonchev–Trinajstić information content (AvgIpc) is 2.94. The Morgan fingerprint density at radius 1 is 0.605 bits per heavy atom. The van der Waals surface area contributed by atoms with Gasteiger partial charge < -0.3 is 18.9 Å². The Morgan fingerprint density at radius 2 is 0.947 bits per heavy atom. The molecule has 2 aromatic carbocycles. The third-order valence-electron chi connectivity index (χ3n) is 6.47. The number of ether oxygens (including phenoxy) is 4. The van der Waals surface area contributed by atoms with Gasteiger partial charge in [0.05, 0.1) is 36.2 Å². The van der Waals surface area contributed by atoms with Crippen molar-refractivity contribution in [3.05, 3.63) is 59.7 Å². The Kier molecular flexibility index (Phi) is 11.3. The van der Waals surface area contributed by atoms with Crippen LogP contribution < -0.4 is 9.47 Å². The second-order valence-corrected chi connectivity index (χ2v) is 9.42. The van der Waals surface area contributed by atoms with Crippen molar-refractivity contribution in [2.45, 2.75) is 65.2 Å². The molecule has 1 fully saturated rings. The summed E-state index contributed by atoms with van der Waals surface area (Å²) in [5.41, 5.74) is 0.808. The van der Waals surface area contributed by atoms with Gasteiger partial charge in [-0.25, -0.2) is 9.59 Å². The van der Waals surface area contributed by atoms with Crippen molar-refractivity contribution in [1.82, 2.24) is 0 Å². The summed E-state index contributed by atoms with van der Waals surface area (Å²) in [6.45, 7) is 4.80. The van der Waals surface area contributed by atoms with Crippen LogP contribution in [0.25, 0.3) is 0 Å². The Morgan fingerprint density at radius 3 is 1.26 bits per heavy atom. The second-order valence-electron chi connectivity index (χ2n) is 9.42. The minimum atomic E-state index is -0.401. The standard InChI is InChI=1S/C30H36O8/c1-3-5-19-35-27(31)21-11-15-25(16-12-21)37-29(33)23-7-9-24(10-8-23)30(34)38-26-17-13-22(14-18-26)28(32)36-20-6-4-2/h11-18,23-24H,3-10,19-20H2,1-2H3. The van der Waals surface area contributed by atoms with E-state index in [1.807, 2.05) is 13.8 Å². The predicted molar refractivity (Wildman–Crippen MR) is 140 cm³/mol. The minimum absolute atomic E-state index is 0.310. The summed E-state index contributed by atoms with van der Waals surface area (Å²) >= 11 is 0. The molecule has 0 amide bonds. The molecule has 0 aromatic heterocycles. The fourth-order valence-corrected chi connectivity index (χ4v) is 4.07. The van der Waals surface area contributed by atoms with Crippen molar-refractivity contribution in [1.29, 1.82) is 0 Å². The molecule has 1 saturated carbocycles. The summed E-state index contributed by atoms with van der Waals surface area (Å²) in [6, 6.07) is 12.6. The molecule has 0 saturated heterocycles. The van der Waals surface area contributed by atoms with Gasteiger partial charge in [-0.2, -0.15) is 0 Å². The summed E-state index contributed by atoms with van der Waals surface area (Å²) in [6.07, 6.45) is 5.57. The van der Waals surface area contributed by atoms with Gasteiger partial charge in [-0.1, -0.05) is 26.7 Å². The smallest absolute Gasteiger partial charge is 0.338 e. The van der Waals surface area contributed by atoms with E-state index in [9.17, 15) is 19.2 Å². The number of hydrogen-bond donors (Lipinski definition) is 0. The molecule has 0 unspecified atom stereocenters. The van der Waals surface area contributed by atoms with Gasteiger partial charge in [0.15, 0.2) is 0 Å². The van der Waals surface area contributed by atoms with Crippen LogP contribution in [0.2, 0.25) is 0 Å². The lowest BCUT2D eigenvalue weighted by molar-refractivity contribution is -0.145. The Hall–Kier alpha value is -3.68. The molecule has 38 heavy (non-hydrogen) atoms. The first kappa shape index (κ1) is 28.9. The molecule has 0 heterocycles. The van der Waals surface area contributed by atoms with Gasteiger partial charge in [-0.05, 0) is 87.1 Å². The maximum atomic E-state index is 12.6. The third-order valence-corrected chi connectivity index (χ3v) is 6.47. The number of esters is 4. The highest BCUT2D eigenvalue weighted by molar-refractivity contribution is 5.90. The van der Waals surface area contributed by atoms with Gasteiger partial charge in [0, 0.05) is 0 Å². The third kappa shape index (κ3) is 8.71. The van der Waals surface area contributed by atoms with E-state index in [0.717, 1.165) is 25.7 Å². The van der Waals surface area contributed by atoms with Crippen molar-refractivity contribution >= 4 is 23.9 Å². The highest BCUT2D eigenvalue weighted by Gasteiger charge is 2.32. The molecule has 0 bridgehead atoms. The number of benzene rings is 2. The molecule has 0 atom stereocenters. The van der Waals surface area contributed by atoms with Gasteiger partial charge in [-0.3, -0.25) is 9.59 Å². The van der Waals surface area contributed by atoms with E-state index in [4.69, 9.17) is 18.9 Å². The lowest BCUT2D eigenvalue weighted by atomic mass is 9.82. The molecule has 2 aromatic rings. The van der Waals surface area contributed by atoms with Crippen LogP contribution in [0.15, 0.2) is 48.5 Å². The Labute approximate surface area is 223 Å². The highest BCUT2D eigenvalue weighted by atomic mass is 16.5. The molecule has 3 rings (SSSR count). The Balaban J connectivity index is 1.42. The van der Waals surface area contributed by atoms with Crippen molar-refractivity contribution in [3.8, 4) is 11.5 Å². The van der Waals surface area contributed by atoms with Crippen LogP contribution in [0.5, 0.6) is 11.5 Å². The minimum Gasteiger partial charge on any atom is -0.462 e. The first-order valence-corrected chi connectivity index (χ1v) is 13.4. The molecule has 0 aliphatic heterocycles. The van der Waals surface area contributed by atoms with E-state index in [1.165, 1.54) is 0 Å². The van der Waals surface area contributed by atoms with E-state index in [2.05, 4.69) is 0 Å². The van der Waals surface area contributed by atoms with E-state index in [-0.39, 0.29) is 23.8 Å². The summed E-state index contributed by atoms with van der Waals surface area (Å²) < 4.78 is 21.3. The first-order valence-electron chi connectivity index (χ1n) is 13.4. The zero-order chi connectivity index (χ0) is 27.3. The zero-order valence-corrected chi connectivity index (χ0v) is 22.1. The lowest BCUT2D eigenvalue weighted by Crippen LogP contribution is -2.30. The lowest BCUT2D eigenvalue weighted by Gasteiger charge is -2.25. The monoisotopic (exact) mass is 524 g/mol. The van der Waals surface area contributed by atoms with Crippen molar-refractivity contribution in [3.63, 3.8) is 0 Å². The molecule has 0 spiro atoms. The molecule has 0 N–H and O–H groups in total. The average molecular weight is 525 g/mol. The fraction of sp³-hybridized carbons (Fsp3) is 0.467. The van der Waals surface area contributed by atoms with Crippen molar-refractivity contribution < 1.29 is 38.1 Å². The van der Waals surface area contributed by atoms with Crippen molar-refractivity contribution in [2.24, 2.45) is 11.8 Å². The summed E-state index contributed by atoms with van der Waals surface area (Å²) in [7, 11) is 0. The van der Waals surface area contributed by atoms with Crippen LogP contribution >= 0.6 is 0 Å². The van der Waals surface area contributed by atoms with E-state index in [0.29, 0.717) is 61.5 Å². The van der Waals surface area contributed by atoms with Crippen LogP contribution in [-0.2, 0) is 19.1 Å². The number of carbonyl (C=O) groups is 4. The SMILES string of the molecule is CCCCOC(=O)c1ccc(OC(=O)C2CCC(C(=O)Oc3ccc(C(=O)OCCCC)cc3)CC2)cc1. The Bertz CT molecular complexity index is 979. The molecular weight excluding hydrogens is 488 g/mol. The number of rotatable bonds is 12. The second kappa shape index (κ2) is 14.9.